The van der Waals surface area contributed by atoms with E-state index in [-0.39, 0.29) is 0 Å². The zero-order valence-corrected chi connectivity index (χ0v) is 18.2. The van der Waals surface area contributed by atoms with Crippen LogP contribution in [-0.2, 0) is 11.2 Å². The number of fused-ring (bicyclic) bond motifs is 1. The lowest BCUT2D eigenvalue weighted by atomic mass is 9.85. The molecular formula is C23H28N2O6. The van der Waals surface area contributed by atoms with Crippen LogP contribution in [-0.4, -0.2) is 52.1 Å². The van der Waals surface area contributed by atoms with E-state index in [4.69, 9.17) is 24.7 Å². The maximum Gasteiger partial charge on any atom is 0.243 e. The van der Waals surface area contributed by atoms with E-state index in [2.05, 4.69) is 11.4 Å². The standard InChI is InChI=1S/C23H28N2O6/c1-28-18-9-8-15-14(13-10-19(29-2)22(31-4)20(11-13)30-3)6-5-7-16(15)21(18)25-23(27)17(24)12-26/h6,8-11,17,26H,5,7,12,24H2,1-4H3,(H,25,27)/t17-/m0/s1. The molecule has 1 aliphatic rings. The van der Waals surface area contributed by atoms with Gasteiger partial charge in [0.05, 0.1) is 40.7 Å². The molecule has 1 amide bonds. The normalized spacial score (nSPS) is 13.5. The summed E-state index contributed by atoms with van der Waals surface area (Å²) >= 11 is 0. The van der Waals surface area contributed by atoms with Crippen LogP contribution in [0.5, 0.6) is 23.0 Å². The summed E-state index contributed by atoms with van der Waals surface area (Å²) in [5.41, 5.74) is 10.0. The van der Waals surface area contributed by atoms with Crippen molar-refractivity contribution < 1.29 is 28.8 Å². The summed E-state index contributed by atoms with van der Waals surface area (Å²) in [6, 6.07) is 6.54. The summed E-state index contributed by atoms with van der Waals surface area (Å²) < 4.78 is 21.9. The molecule has 1 aliphatic carbocycles. The smallest absolute Gasteiger partial charge is 0.243 e. The number of carbonyl (C=O) groups is 1. The van der Waals surface area contributed by atoms with Crippen LogP contribution in [0.25, 0.3) is 5.57 Å². The molecule has 0 aliphatic heterocycles. The second-order valence-corrected chi connectivity index (χ2v) is 7.02. The maximum atomic E-state index is 12.4. The molecule has 31 heavy (non-hydrogen) atoms. The molecule has 0 saturated carbocycles. The highest BCUT2D eigenvalue weighted by molar-refractivity contribution is 5.98. The average Bonchev–Trinajstić information content (AvgIpc) is 2.82. The van der Waals surface area contributed by atoms with Crippen LogP contribution < -0.4 is 30.0 Å². The number of amides is 1. The van der Waals surface area contributed by atoms with Gasteiger partial charge in [-0.1, -0.05) is 12.1 Å². The summed E-state index contributed by atoms with van der Waals surface area (Å²) in [6.45, 7) is -0.445. The molecule has 166 valence electrons. The lowest BCUT2D eigenvalue weighted by Gasteiger charge is -2.24. The van der Waals surface area contributed by atoms with E-state index in [9.17, 15) is 9.90 Å². The third-order valence-electron chi connectivity index (χ3n) is 5.28. The van der Waals surface area contributed by atoms with Crippen LogP contribution in [0.3, 0.4) is 0 Å². The molecule has 0 fully saturated rings. The summed E-state index contributed by atoms with van der Waals surface area (Å²) in [7, 11) is 6.26. The van der Waals surface area contributed by atoms with E-state index < -0.39 is 18.6 Å². The molecule has 3 rings (SSSR count). The number of nitrogens with two attached hydrogens (primary N) is 1. The maximum absolute atomic E-state index is 12.4. The van der Waals surface area contributed by atoms with Crippen molar-refractivity contribution in [1.29, 1.82) is 0 Å². The van der Waals surface area contributed by atoms with Crippen molar-refractivity contribution in [3.8, 4) is 23.0 Å². The first kappa shape index (κ1) is 22.5. The van der Waals surface area contributed by atoms with Crippen molar-refractivity contribution in [3.05, 3.63) is 47.0 Å². The highest BCUT2D eigenvalue weighted by Crippen LogP contribution is 2.44. The first-order valence-electron chi connectivity index (χ1n) is 9.87. The lowest BCUT2D eigenvalue weighted by molar-refractivity contribution is -0.118. The molecular weight excluding hydrogens is 400 g/mol. The SMILES string of the molecule is COc1ccc2c(c1NC(=O)[C@@H](N)CO)CCC=C2c1cc(OC)c(OC)c(OC)c1. The molecule has 0 spiro atoms. The zero-order chi connectivity index (χ0) is 22.5. The van der Waals surface area contributed by atoms with E-state index in [0.717, 1.165) is 28.7 Å². The number of benzene rings is 2. The predicted octanol–water partition coefficient (Wildman–Crippen LogP) is 2.36. The van der Waals surface area contributed by atoms with Gasteiger partial charge in [-0.15, -0.1) is 0 Å². The molecule has 0 radical (unpaired) electrons. The second-order valence-electron chi connectivity index (χ2n) is 7.02. The number of nitrogens with one attached hydrogen (secondary N) is 1. The van der Waals surface area contributed by atoms with Crippen molar-refractivity contribution in [2.45, 2.75) is 18.9 Å². The van der Waals surface area contributed by atoms with Crippen LogP contribution in [0.4, 0.5) is 5.69 Å². The number of aliphatic hydroxyl groups excluding tert-OH is 1. The third kappa shape index (κ3) is 4.30. The van der Waals surface area contributed by atoms with Gasteiger partial charge >= 0.3 is 0 Å². The fourth-order valence-electron chi connectivity index (χ4n) is 3.73. The minimum absolute atomic E-state index is 0.445. The molecule has 2 aromatic carbocycles. The molecule has 1 atom stereocenters. The van der Waals surface area contributed by atoms with Crippen molar-refractivity contribution in [2.75, 3.05) is 40.4 Å². The van der Waals surface area contributed by atoms with E-state index in [0.29, 0.717) is 35.1 Å². The van der Waals surface area contributed by atoms with Gasteiger partial charge in [0.25, 0.3) is 0 Å². The van der Waals surface area contributed by atoms with E-state index in [1.165, 1.54) is 0 Å². The molecule has 8 heteroatoms. The minimum atomic E-state index is -1.02. The number of rotatable bonds is 8. The van der Waals surface area contributed by atoms with Crippen LogP contribution in [0, 0.1) is 0 Å². The summed E-state index contributed by atoms with van der Waals surface area (Å²) in [4.78, 5) is 12.4. The van der Waals surface area contributed by atoms with Gasteiger partial charge < -0.3 is 35.1 Å². The molecule has 8 nitrogen and oxygen atoms in total. The van der Waals surface area contributed by atoms with Crippen LogP contribution in [0.15, 0.2) is 30.3 Å². The largest absolute Gasteiger partial charge is 0.495 e. The van der Waals surface area contributed by atoms with Gasteiger partial charge in [0.2, 0.25) is 11.7 Å². The number of allylic oxidation sites excluding steroid dienone is 1. The second kappa shape index (κ2) is 9.72. The monoisotopic (exact) mass is 428 g/mol. The Bertz CT molecular complexity index is 977. The van der Waals surface area contributed by atoms with Crippen molar-refractivity contribution in [2.24, 2.45) is 5.73 Å². The summed E-state index contributed by atoms with van der Waals surface area (Å²) in [5.74, 6) is 1.69. The van der Waals surface area contributed by atoms with E-state index in [1.807, 2.05) is 18.2 Å². The third-order valence-corrected chi connectivity index (χ3v) is 5.28. The Kier molecular flexibility index (Phi) is 7.04. The van der Waals surface area contributed by atoms with Gasteiger partial charge in [-0.05, 0) is 53.3 Å². The average molecular weight is 428 g/mol. The Morgan fingerprint density at radius 3 is 2.26 bits per heavy atom. The van der Waals surface area contributed by atoms with Crippen LogP contribution >= 0.6 is 0 Å². The molecule has 4 N–H and O–H groups in total. The Balaban J connectivity index is 2.12. The Morgan fingerprint density at radius 1 is 1.06 bits per heavy atom. The number of methoxy groups -OCH3 is 4. The fourth-order valence-corrected chi connectivity index (χ4v) is 3.73. The van der Waals surface area contributed by atoms with Crippen molar-refractivity contribution >= 4 is 17.2 Å². The van der Waals surface area contributed by atoms with Crippen LogP contribution in [0.1, 0.15) is 23.1 Å². The first-order chi connectivity index (χ1) is 15.0. The van der Waals surface area contributed by atoms with Crippen LogP contribution in [0.2, 0.25) is 0 Å². The zero-order valence-electron chi connectivity index (χ0n) is 18.2. The van der Waals surface area contributed by atoms with Crippen molar-refractivity contribution in [3.63, 3.8) is 0 Å². The van der Waals surface area contributed by atoms with E-state index in [1.54, 1.807) is 34.5 Å². The molecule has 0 heterocycles. The van der Waals surface area contributed by atoms with Gasteiger partial charge in [-0.2, -0.15) is 0 Å². The summed E-state index contributed by atoms with van der Waals surface area (Å²) in [6.07, 6.45) is 3.62. The molecule has 0 saturated heterocycles. The number of anilines is 1. The van der Waals surface area contributed by atoms with Gasteiger partial charge in [0.1, 0.15) is 11.8 Å². The Hall–Kier alpha value is -3.23. The highest BCUT2D eigenvalue weighted by atomic mass is 16.5. The first-order valence-corrected chi connectivity index (χ1v) is 9.87. The topological polar surface area (TPSA) is 112 Å². The minimum Gasteiger partial charge on any atom is -0.495 e. The Morgan fingerprint density at radius 2 is 1.71 bits per heavy atom. The molecule has 0 aromatic heterocycles. The molecule has 0 unspecified atom stereocenters. The van der Waals surface area contributed by atoms with Gasteiger partial charge in [-0.25, -0.2) is 0 Å². The fraction of sp³-hybridized carbons (Fsp3) is 0.348. The number of aliphatic hydroxyl groups is 1. The number of carbonyl (C=O) groups excluding carboxylic acids is 1. The molecule has 0 bridgehead atoms. The molecule has 2 aromatic rings. The van der Waals surface area contributed by atoms with Gasteiger partial charge in [-0.3, -0.25) is 4.79 Å². The van der Waals surface area contributed by atoms with E-state index >= 15 is 0 Å². The Labute approximate surface area is 181 Å². The van der Waals surface area contributed by atoms with Gasteiger partial charge in [0.15, 0.2) is 11.5 Å². The summed E-state index contributed by atoms with van der Waals surface area (Å²) in [5, 5.41) is 12.1. The van der Waals surface area contributed by atoms with Crippen molar-refractivity contribution in [1.82, 2.24) is 0 Å². The number of hydrogen-bond acceptors (Lipinski definition) is 7. The lowest BCUT2D eigenvalue weighted by Crippen LogP contribution is -2.38. The van der Waals surface area contributed by atoms with Gasteiger partial charge in [0, 0.05) is 0 Å². The quantitative estimate of drug-likeness (QED) is 0.592. The number of hydrogen-bond donors (Lipinski definition) is 3. The predicted molar refractivity (Wildman–Crippen MR) is 118 cm³/mol. The number of ether oxygens (including phenoxy) is 4. The highest BCUT2D eigenvalue weighted by Gasteiger charge is 2.24.